The third kappa shape index (κ3) is 8.09. The van der Waals surface area contributed by atoms with Crippen LogP contribution in [0, 0.1) is 0 Å². The molecular weight excluding hydrogens is 417 g/mol. The monoisotopic (exact) mass is 438 g/mol. The minimum absolute atomic E-state index is 0.138. The molecule has 1 N–H and O–H groups in total. The Hall–Kier alpha value is -3.40. The van der Waals surface area contributed by atoms with Crippen molar-refractivity contribution in [1.82, 2.24) is 4.90 Å². The van der Waals surface area contributed by atoms with Crippen LogP contribution in [0.15, 0.2) is 48.5 Å². The van der Waals surface area contributed by atoms with Crippen molar-refractivity contribution in [3.63, 3.8) is 0 Å². The molecule has 2 aromatic rings. The summed E-state index contributed by atoms with van der Waals surface area (Å²) in [5.74, 6) is -1.51. The Bertz CT molecular complexity index is 910. The lowest BCUT2D eigenvalue weighted by Crippen LogP contribution is -2.22. The van der Waals surface area contributed by atoms with E-state index in [0.29, 0.717) is 16.8 Å². The van der Waals surface area contributed by atoms with Crippen LogP contribution in [-0.2, 0) is 20.9 Å². The van der Waals surface area contributed by atoms with Crippen molar-refractivity contribution in [1.29, 1.82) is 0 Å². The van der Waals surface area contributed by atoms with E-state index in [4.69, 9.17) is 4.74 Å². The van der Waals surface area contributed by atoms with Crippen molar-refractivity contribution < 1.29 is 37.0 Å². The number of alkyl halides is 3. The highest BCUT2D eigenvalue weighted by atomic mass is 19.4. The van der Waals surface area contributed by atoms with Gasteiger partial charge in [-0.3, -0.25) is 9.59 Å². The normalized spacial score (nSPS) is 11.0. The maximum atomic E-state index is 12.1. The maximum Gasteiger partial charge on any atom is 0.411 e. The van der Waals surface area contributed by atoms with Crippen molar-refractivity contribution >= 4 is 23.5 Å². The van der Waals surface area contributed by atoms with E-state index in [9.17, 15) is 27.6 Å². The Morgan fingerprint density at radius 3 is 2.06 bits per heavy atom. The molecule has 0 radical (unpaired) electrons. The van der Waals surface area contributed by atoms with Crippen LogP contribution in [0.2, 0.25) is 0 Å². The highest BCUT2D eigenvalue weighted by molar-refractivity contribution is 5.97. The van der Waals surface area contributed by atoms with E-state index in [-0.39, 0.29) is 18.1 Å². The van der Waals surface area contributed by atoms with Gasteiger partial charge < -0.3 is 19.7 Å². The van der Waals surface area contributed by atoms with E-state index >= 15 is 0 Å². The van der Waals surface area contributed by atoms with Crippen molar-refractivity contribution in [3.8, 4) is 0 Å². The van der Waals surface area contributed by atoms with Crippen molar-refractivity contribution in [2.75, 3.05) is 32.6 Å². The number of carbonyl (C=O) groups excluding carboxylic acids is 3. The highest BCUT2D eigenvalue weighted by Crippen LogP contribution is 2.16. The fraction of sp³-hybridized carbons (Fsp3) is 0.286. The lowest BCUT2D eigenvalue weighted by atomic mass is 10.1. The van der Waals surface area contributed by atoms with Crippen molar-refractivity contribution in [2.45, 2.75) is 12.8 Å². The molecular formula is C21H21F3N2O5. The second-order valence-corrected chi connectivity index (χ2v) is 6.71. The molecule has 0 saturated carbocycles. The van der Waals surface area contributed by atoms with Crippen LogP contribution in [-0.4, -0.2) is 56.2 Å². The number of benzene rings is 2. The van der Waals surface area contributed by atoms with Gasteiger partial charge in [0, 0.05) is 25.3 Å². The van der Waals surface area contributed by atoms with Gasteiger partial charge in [0.1, 0.15) is 6.61 Å². The molecule has 0 aliphatic heterocycles. The summed E-state index contributed by atoms with van der Waals surface area (Å²) in [7, 11) is 3.25. The third-order valence-electron chi connectivity index (χ3n) is 3.88. The molecule has 0 bridgehead atoms. The SMILES string of the molecule is CN(C)C(=O)c1ccc(NC(=O)COC(=O)c2ccc(COCC(F)(F)F)cc2)cc1. The summed E-state index contributed by atoms with van der Waals surface area (Å²) in [5.41, 5.74) is 1.48. The van der Waals surface area contributed by atoms with E-state index in [1.807, 2.05) is 0 Å². The van der Waals surface area contributed by atoms with Crippen LogP contribution in [0.4, 0.5) is 18.9 Å². The molecule has 166 valence electrons. The fourth-order valence-electron chi connectivity index (χ4n) is 2.39. The molecule has 0 heterocycles. The van der Waals surface area contributed by atoms with Gasteiger partial charge in [-0.1, -0.05) is 12.1 Å². The number of anilines is 1. The fourth-order valence-corrected chi connectivity index (χ4v) is 2.39. The topological polar surface area (TPSA) is 84.9 Å². The van der Waals surface area contributed by atoms with Gasteiger partial charge in [-0.2, -0.15) is 13.2 Å². The van der Waals surface area contributed by atoms with E-state index in [1.54, 1.807) is 38.4 Å². The quantitative estimate of drug-likeness (QED) is 0.640. The number of hydrogen-bond acceptors (Lipinski definition) is 5. The van der Waals surface area contributed by atoms with E-state index in [1.165, 1.54) is 29.2 Å². The van der Waals surface area contributed by atoms with Gasteiger partial charge in [-0.05, 0) is 42.0 Å². The van der Waals surface area contributed by atoms with Gasteiger partial charge in [0.05, 0.1) is 12.2 Å². The first-order valence-corrected chi connectivity index (χ1v) is 9.07. The summed E-state index contributed by atoms with van der Waals surface area (Å²) in [5, 5.41) is 2.54. The maximum absolute atomic E-state index is 12.1. The zero-order valence-electron chi connectivity index (χ0n) is 16.9. The molecule has 31 heavy (non-hydrogen) atoms. The summed E-state index contributed by atoms with van der Waals surface area (Å²) < 4.78 is 45.6. The second-order valence-electron chi connectivity index (χ2n) is 6.71. The third-order valence-corrected chi connectivity index (χ3v) is 3.88. The molecule has 2 aromatic carbocycles. The van der Waals surface area contributed by atoms with Crippen molar-refractivity contribution in [3.05, 3.63) is 65.2 Å². The van der Waals surface area contributed by atoms with Crippen LogP contribution < -0.4 is 5.32 Å². The Morgan fingerprint density at radius 2 is 1.52 bits per heavy atom. The van der Waals surface area contributed by atoms with Gasteiger partial charge >= 0.3 is 12.1 Å². The first-order chi connectivity index (χ1) is 14.5. The standard InChI is InChI=1S/C21H21F3N2O5/c1-26(2)19(28)15-7-9-17(10-8-15)25-18(27)12-31-20(29)16-5-3-14(4-6-16)11-30-13-21(22,23)24/h3-10H,11-13H2,1-2H3,(H,25,27). The summed E-state index contributed by atoms with van der Waals surface area (Å²) in [4.78, 5) is 37.2. The lowest BCUT2D eigenvalue weighted by Gasteiger charge is -2.11. The minimum Gasteiger partial charge on any atom is -0.452 e. The number of nitrogens with one attached hydrogen (secondary N) is 1. The molecule has 0 aliphatic rings. The van der Waals surface area contributed by atoms with Gasteiger partial charge in [-0.15, -0.1) is 0 Å². The zero-order chi connectivity index (χ0) is 23.0. The smallest absolute Gasteiger partial charge is 0.411 e. The zero-order valence-corrected chi connectivity index (χ0v) is 16.9. The predicted octanol–water partition coefficient (Wildman–Crippen LogP) is 3.26. The molecule has 0 saturated heterocycles. The van der Waals surface area contributed by atoms with E-state index in [0.717, 1.165) is 0 Å². The number of ether oxygens (including phenoxy) is 2. The summed E-state index contributed by atoms with van der Waals surface area (Å²) in [6.07, 6.45) is -4.41. The molecule has 7 nitrogen and oxygen atoms in total. The van der Waals surface area contributed by atoms with Gasteiger partial charge in [0.15, 0.2) is 6.61 Å². The first kappa shape index (κ1) is 23.9. The second kappa shape index (κ2) is 10.6. The molecule has 0 aromatic heterocycles. The average molecular weight is 438 g/mol. The number of halogens is 3. The molecule has 0 atom stereocenters. The molecule has 2 amide bonds. The van der Waals surface area contributed by atoms with Crippen LogP contribution in [0.5, 0.6) is 0 Å². The molecule has 0 fully saturated rings. The highest BCUT2D eigenvalue weighted by Gasteiger charge is 2.27. The summed E-state index contributed by atoms with van der Waals surface area (Å²) >= 11 is 0. The molecule has 10 heteroatoms. The van der Waals surface area contributed by atoms with Gasteiger partial charge in [0.25, 0.3) is 11.8 Å². The van der Waals surface area contributed by atoms with E-state index in [2.05, 4.69) is 10.1 Å². The van der Waals surface area contributed by atoms with Crippen LogP contribution in [0.25, 0.3) is 0 Å². The van der Waals surface area contributed by atoms with Crippen LogP contribution >= 0.6 is 0 Å². The summed E-state index contributed by atoms with van der Waals surface area (Å²) in [6, 6.07) is 11.8. The lowest BCUT2D eigenvalue weighted by molar-refractivity contribution is -0.176. The number of carbonyl (C=O) groups is 3. The molecule has 0 aliphatic carbocycles. The van der Waals surface area contributed by atoms with Crippen LogP contribution in [0.1, 0.15) is 26.3 Å². The predicted molar refractivity (Wildman–Crippen MR) is 106 cm³/mol. The minimum atomic E-state index is -4.41. The number of esters is 1. The molecule has 0 spiro atoms. The Kier molecular flexibility index (Phi) is 8.14. The Morgan fingerprint density at radius 1 is 0.935 bits per heavy atom. The van der Waals surface area contributed by atoms with Gasteiger partial charge in [0.2, 0.25) is 0 Å². The Balaban J connectivity index is 1.80. The molecule has 0 unspecified atom stereocenters. The van der Waals surface area contributed by atoms with E-state index < -0.39 is 31.3 Å². The Labute approximate surface area is 176 Å². The largest absolute Gasteiger partial charge is 0.452 e. The number of rotatable bonds is 8. The molecule has 2 rings (SSSR count). The number of hydrogen-bond donors (Lipinski definition) is 1. The first-order valence-electron chi connectivity index (χ1n) is 9.07. The van der Waals surface area contributed by atoms with Gasteiger partial charge in [-0.25, -0.2) is 4.79 Å². The number of nitrogens with zero attached hydrogens (tertiary/aromatic N) is 1. The van der Waals surface area contributed by atoms with Crippen molar-refractivity contribution in [2.24, 2.45) is 0 Å². The van der Waals surface area contributed by atoms with Crippen LogP contribution in [0.3, 0.4) is 0 Å². The summed E-state index contributed by atoms with van der Waals surface area (Å²) in [6.45, 7) is -2.15. The average Bonchev–Trinajstić information content (AvgIpc) is 2.71. The number of amides is 2.